The van der Waals surface area contributed by atoms with Gasteiger partial charge >= 0.3 is 0 Å². The SMILES string of the molecule is CON1C=CC=C(S(=O)(=O)c2cc3ccccc3[nH]2)N1. The van der Waals surface area contributed by atoms with Gasteiger partial charge in [0, 0.05) is 10.9 Å². The molecule has 0 saturated carbocycles. The predicted molar refractivity (Wildman–Crippen MR) is 74.7 cm³/mol. The molecule has 3 rings (SSSR count). The van der Waals surface area contributed by atoms with Crippen molar-refractivity contribution < 1.29 is 13.3 Å². The molecule has 0 atom stereocenters. The Bertz CT molecular complexity index is 772. The maximum absolute atomic E-state index is 12.5. The minimum absolute atomic E-state index is 0.0495. The lowest BCUT2D eigenvalue weighted by Crippen LogP contribution is -2.36. The van der Waals surface area contributed by atoms with Crippen LogP contribution in [0, 0.1) is 0 Å². The van der Waals surface area contributed by atoms with Crippen LogP contribution in [-0.4, -0.2) is 25.7 Å². The summed E-state index contributed by atoms with van der Waals surface area (Å²) in [4.78, 5) is 7.85. The first-order valence-electron chi connectivity index (χ1n) is 5.92. The average molecular weight is 291 g/mol. The number of hydroxylamine groups is 1. The van der Waals surface area contributed by atoms with E-state index in [1.165, 1.54) is 18.4 Å². The number of allylic oxidation sites excluding steroid dienone is 2. The van der Waals surface area contributed by atoms with Crippen molar-refractivity contribution in [1.82, 2.24) is 15.6 Å². The van der Waals surface area contributed by atoms with E-state index >= 15 is 0 Å². The number of nitrogens with zero attached hydrogens (tertiary/aromatic N) is 1. The molecule has 2 aromatic rings. The van der Waals surface area contributed by atoms with Gasteiger partial charge in [-0.3, -0.25) is 10.3 Å². The largest absolute Gasteiger partial charge is 0.345 e. The molecule has 0 radical (unpaired) electrons. The lowest BCUT2D eigenvalue weighted by atomic mass is 10.3. The molecule has 0 unspecified atom stereocenters. The first-order chi connectivity index (χ1) is 9.61. The molecule has 1 aliphatic rings. The Morgan fingerprint density at radius 2 is 2.05 bits per heavy atom. The van der Waals surface area contributed by atoms with Crippen LogP contribution in [0.3, 0.4) is 0 Å². The number of hydrogen-bond acceptors (Lipinski definition) is 5. The quantitative estimate of drug-likeness (QED) is 0.900. The molecule has 1 aromatic carbocycles. The van der Waals surface area contributed by atoms with Gasteiger partial charge in [-0.15, -0.1) is 0 Å². The van der Waals surface area contributed by atoms with E-state index in [2.05, 4.69) is 10.4 Å². The lowest BCUT2D eigenvalue weighted by Gasteiger charge is -2.23. The number of sulfone groups is 1. The summed E-state index contributed by atoms with van der Waals surface area (Å²) in [6.07, 6.45) is 4.65. The van der Waals surface area contributed by atoms with Crippen LogP contribution < -0.4 is 5.43 Å². The third-order valence-electron chi connectivity index (χ3n) is 2.97. The van der Waals surface area contributed by atoms with E-state index in [4.69, 9.17) is 4.84 Å². The molecule has 2 N–H and O–H groups in total. The third kappa shape index (κ3) is 2.06. The summed E-state index contributed by atoms with van der Waals surface area (Å²) in [6.45, 7) is 0. The van der Waals surface area contributed by atoms with Crippen LogP contribution in [0.1, 0.15) is 0 Å². The minimum atomic E-state index is -3.65. The normalized spacial score (nSPS) is 15.2. The summed E-state index contributed by atoms with van der Waals surface area (Å²) in [5.41, 5.74) is 3.44. The molecule has 0 fully saturated rings. The summed E-state index contributed by atoms with van der Waals surface area (Å²) >= 11 is 0. The zero-order valence-corrected chi connectivity index (χ0v) is 11.5. The van der Waals surface area contributed by atoms with Gasteiger partial charge in [0.25, 0.3) is 0 Å². The zero-order valence-electron chi connectivity index (χ0n) is 10.7. The second-order valence-corrected chi connectivity index (χ2v) is 6.10. The first-order valence-corrected chi connectivity index (χ1v) is 7.41. The molecular formula is C13H13N3O3S. The van der Waals surface area contributed by atoms with Crippen molar-refractivity contribution in [3.63, 3.8) is 0 Å². The fourth-order valence-corrected chi connectivity index (χ4v) is 3.19. The maximum Gasteiger partial charge on any atom is 0.238 e. The third-order valence-corrected chi connectivity index (χ3v) is 4.58. The molecule has 0 saturated heterocycles. The van der Waals surface area contributed by atoms with E-state index in [1.54, 1.807) is 18.3 Å². The average Bonchev–Trinajstić information content (AvgIpc) is 2.92. The van der Waals surface area contributed by atoms with E-state index in [-0.39, 0.29) is 10.1 Å². The van der Waals surface area contributed by atoms with Crippen molar-refractivity contribution in [2.24, 2.45) is 0 Å². The molecule has 104 valence electrons. The maximum atomic E-state index is 12.5. The van der Waals surface area contributed by atoms with Gasteiger partial charge in [-0.1, -0.05) is 18.2 Å². The number of rotatable bonds is 3. The van der Waals surface area contributed by atoms with Gasteiger partial charge < -0.3 is 4.98 Å². The first kappa shape index (κ1) is 12.8. The van der Waals surface area contributed by atoms with Crippen LogP contribution in [0.2, 0.25) is 0 Å². The Hall–Kier alpha value is -2.25. The molecule has 1 aliphatic heterocycles. The molecule has 0 amide bonds. The molecule has 7 heteroatoms. The fourth-order valence-electron chi connectivity index (χ4n) is 1.96. The number of para-hydroxylation sites is 1. The Morgan fingerprint density at radius 3 is 2.80 bits per heavy atom. The number of H-pyrrole nitrogens is 1. The van der Waals surface area contributed by atoms with Gasteiger partial charge in [-0.05, 0) is 24.3 Å². The highest BCUT2D eigenvalue weighted by Gasteiger charge is 2.25. The summed E-state index contributed by atoms with van der Waals surface area (Å²) in [5, 5.41) is 2.26. The van der Waals surface area contributed by atoms with Crippen molar-refractivity contribution in [2.45, 2.75) is 5.03 Å². The van der Waals surface area contributed by atoms with E-state index in [9.17, 15) is 8.42 Å². The van der Waals surface area contributed by atoms with Crippen LogP contribution in [0.25, 0.3) is 10.9 Å². The molecule has 2 heterocycles. The summed E-state index contributed by atoms with van der Waals surface area (Å²) < 4.78 is 25.1. The van der Waals surface area contributed by atoms with E-state index in [0.29, 0.717) is 0 Å². The van der Waals surface area contributed by atoms with Gasteiger partial charge in [-0.25, -0.2) is 8.42 Å². The van der Waals surface area contributed by atoms with Crippen molar-refractivity contribution in [1.29, 1.82) is 0 Å². The van der Waals surface area contributed by atoms with Crippen molar-refractivity contribution >= 4 is 20.7 Å². The van der Waals surface area contributed by atoms with Gasteiger partial charge in [0.05, 0.1) is 13.3 Å². The molecule has 0 bridgehead atoms. The number of aromatic amines is 1. The summed E-state index contributed by atoms with van der Waals surface area (Å²) in [6, 6.07) is 9.01. The number of aromatic nitrogens is 1. The molecule has 6 nitrogen and oxygen atoms in total. The number of hydrazine groups is 1. The van der Waals surface area contributed by atoms with Gasteiger partial charge in [0.2, 0.25) is 9.84 Å². The number of hydrogen-bond donors (Lipinski definition) is 2. The van der Waals surface area contributed by atoms with Crippen molar-refractivity contribution in [2.75, 3.05) is 7.11 Å². The van der Waals surface area contributed by atoms with Crippen molar-refractivity contribution in [3.8, 4) is 0 Å². The van der Waals surface area contributed by atoms with E-state index in [0.717, 1.165) is 10.9 Å². The second-order valence-electron chi connectivity index (χ2n) is 4.22. The van der Waals surface area contributed by atoms with Crippen molar-refractivity contribution in [3.05, 3.63) is 53.7 Å². The highest BCUT2D eigenvalue weighted by molar-refractivity contribution is 7.95. The smallest absolute Gasteiger partial charge is 0.238 e. The molecule has 0 aliphatic carbocycles. The Morgan fingerprint density at radius 1 is 1.25 bits per heavy atom. The summed E-state index contributed by atoms with van der Waals surface area (Å²) in [5.74, 6) is 0. The monoisotopic (exact) mass is 291 g/mol. The number of benzene rings is 1. The van der Waals surface area contributed by atoms with E-state index in [1.807, 2.05) is 24.3 Å². The highest BCUT2D eigenvalue weighted by atomic mass is 32.2. The molecular weight excluding hydrogens is 278 g/mol. The standard InChI is InChI=1S/C13H13N3O3S/c1-19-16-8-4-7-12(15-16)20(17,18)13-9-10-5-2-3-6-11(10)14-13/h2-9,14-15H,1H3. The number of fused-ring (bicyclic) bond motifs is 1. The molecule has 0 spiro atoms. The topological polar surface area (TPSA) is 74.4 Å². The van der Waals surface area contributed by atoms with Crippen LogP contribution in [-0.2, 0) is 14.7 Å². The van der Waals surface area contributed by atoms with Gasteiger partial charge in [0.15, 0.2) is 5.03 Å². The number of nitrogens with one attached hydrogen (secondary N) is 2. The summed E-state index contributed by atoms with van der Waals surface area (Å²) in [7, 11) is -2.21. The van der Waals surface area contributed by atoms with Crippen LogP contribution in [0.15, 0.2) is 58.7 Å². The van der Waals surface area contributed by atoms with E-state index < -0.39 is 9.84 Å². The van der Waals surface area contributed by atoms with Crippen LogP contribution in [0.5, 0.6) is 0 Å². The van der Waals surface area contributed by atoms with Crippen LogP contribution >= 0.6 is 0 Å². The highest BCUT2D eigenvalue weighted by Crippen LogP contribution is 2.23. The Kier molecular flexibility index (Phi) is 3.00. The second kappa shape index (κ2) is 4.69. The van der Waals surface area contributed by atoms with Crippen LogP contribution in [0.4, 0.5) is 0 Å². The predicted octanol–water partition coefficient (Wildman–Crippen LogP) is 1.68. The Labute approximate surface area is 116 Å². The molecule has 1 aromatic heterocycles. The Balaban J connectivity index is 2.03. The lowest BCUT2D eigenvalue weighted by molar-refractivity contribution is -0.119. The fraction of sp³-hybridized carbons (Fsp3) is 0.0769. The zero-order chi connectivity index (χ0) is 14.2. The van der Waals surface area contributed by atoms with Gasteiger partial charge in [-0.2, -0.15) is 5.17 Å². The molecule has 20 heavy (non-hydrogen) atoms. The minimum Gasteiger partial charge on any atom is -0.345 e. The van der Waals surface area contributed by atoms with Gasteiger partial charge in [0.1, 0.15) is 5.03 Å².